The summed E-state index contributed by atoms with van der Waals surface area (Å²) < 4.78 is 5.30. The van der Waals surface area contributed by atoms with Crippen molar-refractivity contribution < 1.29 is 9.21 Å². The van der Waals surface area contributed by atoms with Crippen LogP contribution in [0.1, 0.15) is 34.2 Å². The Balaban J connectivity index is 1.52. The van der Waals surface area contributed by atoms with Gasteiger partial charge in [0.15, 0.2) is 11.5 Å². The summed E-state index contributed by atoms with van der Waals surface area (Å²) in [4.78, 5) is 13.7. The number of nitrogens with one attached hydrogen (secondary N) is 2. The van der Waals surface area contributed by atoms with E-state index in [2.05, 4.69) is 21.6 Å². The standard InChI is InChI=1S/C16H15N3O2S/c20-16(12-9-11(18-19-12)13-3-1-7-21-13)17-15(10-5-6-10)14-4-2-8-22-14/h1-4,7-10,15H,5-6H2,(H,17,20)(H,18,19). The zero-order chi connectivity index (χ0) is 14.9. The minimum Gasteiger partial charge on any atom is -0.463 e. The Kier molecular flexibility index (Phi) is 3.31. The molecule has 22 heavy (non-hydrogen) atoms. The Labute approximate surface area is 131 Å². The fraction of sp³-hybridized carbons (Fsp3) is 0.250. The van der Waals surface area contributed by atoms with Gasteiger partial charge in [-0.2, -0.15) is 5.10 Å². The number of aromatic amines is 1. The summed E-state index contributed by atoms with van der Waals surface area (Å²) >= 11 is 1.68. The van der Waals surface area contributed by atoms with E-state index in [4.69, 9.17) is 4.42 Å². The molecule has 6 heteroatoms. The van der Waals surface area contributed by atoms with E-state index in [1.165, 1.54) is 17.7 Å². The van der Waals surface area contributed by atoms with Crippen molar-refractivity contribution in [3.63, 3.8) is 0 Å². The third-order valence-electron chi connectivity index (χ3n) is 3.83. The third-order valence-corrected chi connectivity index (χ3v) is 4.78. The van der Waals surface area contributed by atoms with Crippen molar-refractivity contribution in [1.82, 2.24) is 15.5 Å². The van der Waals surface area contributed by atoms with Gasteiger partial charge < -0.3 is 9.73 Å². The molecule has 1 saturated carbocycles. The van der Waals surface area contributed by atoms with E-state index in [1.54, 1.807) is 29.7 Å². The van der Waals surface area contributed by atoms with Gasteiger partial charge in [-0.05, 0) is 42.3 Å². The number of amides is 1. The van der Waals surface area contributed by atoms with Gasteiger partial charge in [0.25, 0.3) is 5.91 Å². The van der Waals surface area contributed by atoms with Crippen LogP contribution in [-0.4, -0.2) is 16.1 Å². The molecule has 0 radical (unpaired) electrons. The Morgan fingerprint density at radius 1 is 1.41 bits per heavy atom. The van der Waals surface area contributed by atoms with E-state index in [9.17, 15) is 4.79 Å². The quantitative estimate of drug-likeness (QED) is 0.756. The Bertz CT molecular complexity index is 757. The van der Waals surface area contributed by atoms with Crippen LogP contribution in [0, 0.1) is 5.92 Å². The Morgan fingerprint density at radius 2 is 2.32 bits per heavy atom. The van der Waals surface area contributed by atoms with Crippen LogP contribution >= 0.6 is 11.3 Å². The molecule has 112 valence electrons. The van der Waals surface area contributed by atoms with Gasteiger partial charge in [-0.3, -0.25) is 9.89 Å². The minimum atomic E-state index is -0.153. The van der Waals surface area contributed by atoms with Gasteiger partial charge in [0, 0.05) is 10.9 Å². The molecule has 4 rings (SSSR count). The molecule has 2 N–H and O–H groups in total. The molecule has 3 heterocycles. The number of carbonyl (C=O) groups excluding carboxylic acids is 1. The van der Waals surface area contributed by atoms with E-state index >= 15 is 0 Å². The maximum Gasteiger partial charge on any atom is 0.272 e. The number of nitrogens with zero attached hydrogens (tertiary/aromatic N) is 1. The predicted octanol–water partition coefficient (Wildman–Crippen LogP) is 3.61. The zero-order valence-electron chi connectivity index (χ0n) is 11.8. The van der Waals surface area contributed by atoms with Crippen molar-refractivity contribution in [2.75, 3.05) is 0 Å². The lowest BCUT2D eigenvalue weighted by Crippen LogP contribution is -2.29. The monoisotopic (exact) mass is 313 g/mol. The summed E-state index contributed by atoms with van der Waals surface area (Å²) in [6.07, 6.45) is 3.93. The van der Waals surface area contributed by atoms with Crippen LogP contribution in [0.2, 0.25) is 0 Å². The number of aromatic nitrogens is 2. The molecule has 5 nitrogen and oxygen atoms in total. The van der Waals surface area contributed by atoms with Crippen molar-refractivity contribution in [3.05, 3.63) is 52.5 Å². The Hall–Kier alpha value is -2.34. The second-order valence-corrected chi connectivity index (χ2v) is 6.43. The second-order valence-electron chi connectivity index (χ2n) is 5.45. The maximum absolute atomic E-state index is 12.4. The van der Waals surface area contributed by atoms with E-state index in [1.807, 2.05) is 17.5 Å². The smallest absolute Gasteiger partial charge is 0.272 e. The predicted molar refractivity (Wildman–Crippen MR) is 83.5 cm³/mol. The molecule has 1 atom stereocenters. The van der Waals surface area contributed by atoms with E-state index in [0.717, 1.165) is 0 Å². The first-order chi connectivity index (χ1) is 10.8. The number of H-pyrrole nitrogens is 1. The highest BCUT2D eigenvalue weighted by molar-refractivity contribution is 7.10. The first-order valence-corrected chi connectivity index (χ1v) is 8.13. The molecule has 0 aromatic carbocycles. The number of rotatable bonds is 5. The molecule has 1 aliphatic rings. The van der Waals surface area contributed by atoms with Gasteiger partial charge in [-0.15, -0.1) is 11.3 Å². The summed E-state index contributed by atoms with van der Waals surface area (Å²) in [6, 6.07) is 9.53. The molecule has 3 aromatic heterocycles. The number of hydrogen-bond donors (Lipinski definition) is 2. The van der Waals surface area contributed by atoms with Gasteiger partial charge in [0.2, 0.25) is 0 Å². The molecule has 1 fully saturated rings. The van der Waals surface area contributed by atoms with Crippen LogP contribution in [0.4, 0.5) is 0 Å². The SMILES string of the molecule is O=C(NC(c1cccs1)C1CC1)c1cc(-c2ccco2)[nH]n1. The van der Waals surface area contributed by atoms with Gasteiger partial charge in [0.1, 0.15) is 5.69 Å². The second kappa shape index (κ2) is 5.46. The van der Waals surface area contributed by atoms with Crippen LogP contribution < -0.4 is 5.32 Å². The number of thiophene rings is 1. The highest BCUT2D eigenvalue weighted by Crippen LogP contribution is 2.42. The van der Waals surface area contributed by atoms with Crippen molar-refractivity contribution in [2.45, 2.75) is 18.9 Å². The van der Waals surface area contributed by atoms with Crippen molar-refractivity contribution in [1.29, 1.82) is 0 Å². The molecule has 1 aliphatic carbocycles. The third kappa shape index (κ3) is 2.57. The molecule has 1 unspecified atom stereocenters. The summed E-state index contributed by atoms with van der Waals surface area (Å²) in [5, 5.41) is 12.1. The summed E-state index contributed by atoms with van der Waals surface area (Å²) in [5.41, 5.74) is 1.09. The normalized spacial score (nSPS) is 15.6. The largest absolute Gasteiger partial charge is 0.463 e. The number of furan rings is 1. The zero-order valence-corrected chi connectivity index (χ0v) is 12.6. The van der Waals surface area contributed by atoms with Crippen LogP contribution in [0.5, 0.6) is 0 Å². The molecule has 1 amide bonds. The maximum atomic E-state index is 12.4. The molecular weight excluding hydrogens is 298 g/mol. The lowest BCUT2D eigenvalue weighted by molar-refractivity contribution is 0.0927. The highest BCUT2D eigenvalue weighted by Gasteiger charge is 2.34. The fourth-order valence-electron chi connectivity index (χ4n) is 2.53. The summed E-state index contributed by atoms with van der Waals surface area (Å²) in [5.74, 6) is 1.06. The average molecular weight is 313 g/mol. The van der Waals surface area contributed by atoms with Crippen molar-refractivity contribution >= 4 is 17.2 Å². The Morgan fingerprint density at radius 3 is 3.00 bits per heavy atom. The molecular formula is C16H15N3O2S. The van der Waals surface area contributed by atoms with Gasteiger partial charge >= 0.3 is 0 Å². The van der Waals surface area contributed by atoms with E-state index in [0.29, 0.717) is 23.1 Å². The van der Waals surface area contributed by atoms with Crippen molar-refractivity contribution in [3.8, 4) is 11.5 Å². The first kappa shape index (κ1) is 13.3. The van der Waals surface area contributed by atoms with Crippen LogP contribution in [0.15, 0.2) is 46.4 Å². The lowest BCUT2D eigenvalue weighted by Gasteiger charge is -2.15. The first-order valence-electron chi connectivity index (χ1n) is 7.25. The summed E-state index contributed by atoms with van der Waals surface area (Å²) in [7, 11) is 0. The molecule has 3 aromatic rings. The lowest BCUT2D eigenvalue weighted by atomic mass is 10.1. The number of carbonyl (C=O) groups is 1. The number of hydrogen-bond acceptors (Lipinski definition) is 4. The average Bonchev–Trinajstić information content (AvgIpc) is 3.00. The van der Waals surface area contributed by atoms with Gasteiger partial charge in [0.05, 0.1) is 12.3 Å². The highest BCUT2D eigenvalue weighted by atomic mass is 32.1. The van der Waals surface area contributed by atoms with E-state index < -0.39 is 0 Å². The minimum absolute atomic E-state index is 0.0938. The summed E-state index contributed by atoms with van der Waals surface area (Å²) in [6.45, 7) is 0. The van der Waals surface area contributed by atoms with E-state index in [-0.39, 0.29) is 11.9 Å². The van der Waals surface area contributed by atoms with Gasteiger partial charge in [-0.25, -0.2) is 0 Å². The van der Waals surface area contributed by atoms with Crippen molar-refractivity contribution in [2.24, 2.45) is 5.92 Å². The molecule has 0 spiro atoms. The van der Waals surface area contributed by atoms with Crippen LogP contribution in [-0.2, 0) is 0 Å². The molecule has 0 saturated heterocycles. The molecule has 0 aliphatic heterocycles. The molecule has 0 bridgehead atoms. The van der Waals surface area contributed by atoms with Gasteiger partial charge in [-0.1, -0.05) is 6.07 Å². The van der Waals surface area contributed by atoms with Crippen LogP contribution in [0.25, 0.3) is 11.5 Å². The van der Waals surface area contributed by atoms with Crippen LogP contribution in [0.3, 0.4) is 0 Å². The fourth-order valence-corrected chi connectivity index (χ4v) is 3.40. The topological polar surface area (TPSA) is 70.9 Å².